The number of hydrogen-bond acceptors (Lipinski definition) is 4. The van der Waals surface area contributed by atoms with Crippen LogP contribution in [0.15, 0.2) is 12.1 Å². The summed E-state index contributed by atoms with van der Waals surface area (Å²) in [6, 6.07) is 6.02. The van der Waals surface area contributed by atoms with E-state index >= 15 is 0 Å². The van der Waals surface area contributed by atoms with E-state index in [9.17, 15) is 10.1 Å². The third-order valence-electron chi connectivity index (χ3n) is 5.04. The number of amides is 1. The smallest absolute Gasteiger partial charge is 0.239 e. The lowest BCUT2D eigenvalue weighted by molar-refractivity contribution is -0.118. The average Bonchev–Trinajstić information content (AvgIpc) is 3.46. The van der Waals surface area contributed by atoms with Crippen molar-refractivity contribution in [2.75, 3.05) is 0 Å². The Bertz CT molecular complexity index is 907. The number of aromatic nitrogens is 2. The third kappa shape index (κ3) is 3.05. The highest BCUT2D eigenvalue weighted by molar-refractivity contribution is 5.73. The van der Waals surface area contributed by atoms with E-state index in [0.717, 1.165) is 53.9 Å². The van der Waals surface area contributed by atoms with Crippen LogP contribution in [0.3, 0.4) is 0 Å². The van der Waals surface area contributed by atoms with Crippen LogP contribution in [0.5, 0.6) is 11.5 Å². The molecule has 4 rings (SSSR count). The molecule has 2 saturated carbocycles. The first kappa shape index (κ1) is 16.6. The molecule has 2 fully saturated rings. The van der Waals surface area contributed by atoms with Gasteiger partial charge in [-0.15, -0.1) is 0 Å². The van der Waals surface area contributed by atoms with Crippen LogP contribution >= 0.6 is 0 Å². The van der Waals surface area contributed by atoms with Gasteiger partial charge in [-0.1, -0.05) is 0 Å². The second-order valence-electron chi connectivity index (χ2n) is 7.42. The molecule has 0 unspecified atom stereocenters. The largest absolute Gasteiger partial charge is 0.453 e. The van der Waals surface area contributed by atoms with Crippen molar-refractivity contribution >= 4 is 5.91 Å². The summed E-state index contributed by atoms with van der Waals surface area (Å²) in [4.78, 5) is 11.5. The maximum atomic E-state index is 11.5. The zero-order valence-corrected chi connectivity index (χ0v) is 15.1. The van der Waals surface area contributed by atoms with Crippen LogP contribution in [0.2, 0.25) is 0 Å². The summed E-state index contributed by atoms with van der Waals surface area (Å²) < 4.78 is 8.06. The van der Waals surface area contributed by atoms with E-state index in [4.69, 9.17) is 10.5 Å². The summed E-state index contributed by atoms with van der Waals surface area (Å²) in [5.74, 6) is 1.89. The zero-order valence-electron chi connectivity index (χ0n) is 15.1. The molecule has 6 nitrogen and oxygen atoms in total. The Labute approximate surface area is 152 Å². The highest BCUT2D eigenvalue weighted by atomic mass is 16.5. The van der Waals surface area contributed by atoms with E-state index < -0.39 is 5.91 Å². The van der Waals surface area contributed by atoms with Crippen molar-refractivity contribution in [3.63, 3.8) is 0 Å². The van der Waals surface area contributed by atoms with Gasteiger partial charge in [0.15, 0.2) is 5.75 Å². The van der Waals surface area contributed by atoms with Crippen LogP contribution in [0.1, 0.15) is 65.6 Å². The lowest BCUT2D eigenvalue weighted by Gasteiger charge is -2.12. The van der Waals surface area contributed by atoms with Crippen LogP contribution in [0, 0.1) is 25.2 Å². The molecule has 0 radical (unpaired) electrons. The minimum absolute atomic E-state index is 0.0837. The predicted octanol–water partition coefficient (Wildman–Crippen LogP) is 3.40. The summed E-state index contributed by atoms with van der Waals surface area (Å²) in [5.41, 5.74) is 9.83. The molecule has 2 aromatic rings. The molecule has 26 heavy (non-hydrogen) atoms. The van der Waals surface area contributed by atoms with Gasteiger partial charge >= 0.3 is 0 Å². The van der Waals surface area contributed by atoms with Gasteiger partial charge in [-0.2, -0.15) is 10.4 Å². The Kier molecular flexibility index (Phi) is 3.95. The fourth-order valence-electron chi connectivity index (χ4n) is 3.50. The summed E-state index contributed by atoms with van der Waals surface area (Å²) in [6.07, 6.45) is 4.35. The van der Waals surface area contributed by atoms with E-state index in [2.05, 4.69) is 11.2 Å². The molecule has 1 aromatic heterocycles. The molecule has 2 aliphatic carbocycles. The molecule has 2 aliphatic rings. The van der Waals surface area contributed by atoms with E-state index in [1.807, 2.05) is 26.0 Å². The van der Waals surface area contributed by atoms with Crippen molar-refractivity contribution in [1.29, 1.82) is 5.26 Å². The number of primary amides is 1. The summed E-state index contributed by atoms with van der Waals surface area (Å²) >= 11 is 0. The second-order valence-corrected chi connectivity index (χ2v) is 7.42. The Morgan fingerprint density at radius 1 is 1.27 bits per heavy atom. The van der Waals surface area contributed by atoms with Gasteiger partial charge in [0, 0.05) is 11.8 Å². The number of ether oxygens (including phenoxy) is 1. The average molecular weight is 350 g/mol. The number of benzene rings is 1. The molecule has 0 saturated heterocycles. The molecule has 0 atom stereocenters. The summed E-state index contributed by atoms with van der Waals surface area (Å²) in [7, 11) is 0. The Balaban J connectivity index is 1.77. The van der Waals surface area contributed by atoms with Gasteiger partial charge in [-0.25, -0.2) is 0 Å². The van der Waals surface area contributed by atoms with Crippen LogP contribution in [-0.2, 0) is 11.3 Å². The van der Waals surface area contributed by atoms with Crippen molar-refractivity contribution in [2.45, 2.75) is 57.9 Å². The molecule has 0 aliphatic heterocycles. The van der Waals surface area contributed by atoms with Crippen molar-refractivity contribution in [3.8, 4) is 17.6 Å². The fourth-order valence-corrected chi connectivity index (χ4v) is 3.50. The Morgan fingerprint density at radius 3 is 2.38 bits per heavy atom. The number of nitrogens with zero attached hydrogens (tertiary/aromatic N) is 3. The maximum absolute atomic E-state index is 11.5. The van der Waals surface area contributed by atoms with E-state index in [1.165, 1.54) is 0 Å². The molecule has 0 spiro atoms. The molecule has 1 heterocycles. The van der Waals surface area contributed by atoms with E-state index in [1.54, 1.807) is 4.68 Å². The van der Waals surface area contributed by atoms with Crippen molar-refractivity contribution in [2.24, 2.45) is 5.73 Å². The van der Waals surface area contributed by atoms with Gasteiger partial charge in [0.05, 0.1) is 17.3 Å². The number of rotatable bonds is 6. The van der Waals surface area contributed by atoms with Crippen molar-refractivity contribution in [3.05, 3.63) is 40.2 Å². The molecular formula is C20H22N4O2. The normalized spacial score (nSPS) is 16.3. The molecule has 1 aromatic carbocycles. The Morgan fingerprint density at radius 2 is 1.88 bits per heavy atom. The number of carbonyl (C=O) groups excluding carboxylic acids is 1. The third-order valence-corrected chi connectivity index (χ3v) is 5.04. The summed E-state index contributed by atoms with van der Waals surface area (Å²) in [6.45, 7) is 3.91. The van der Waals surface area contributed by atoms with Gasteiger partial charge in [-0.05, 0) is 62.8 Å². The topological polar surface area (TPSA) is 93.9 Å². The highest BCUT2D eigenvalue weighted by Crippen LogP contribution is 2.52. The first-order valence-corrected chi connectivity index (χ1v) is 9.06. The minimum atomic E-state index is -0.395. The van der Waals surface area contributed by atoms with E-state index in [0.29, 0.717) is 23.1 Å². The van der Waals surface area contributed by atoms with Crippen molar-refractivity contribution in [1.82, 2.24) is 9.78 Å². The first-order valence-electron chi connectivity index (χ1n) is 9.06. The standard InChI is InChI=1S/C20H22N4O2/c1-11-7-15(8-12(2)16(11)9-21)26-20-18(13-3-4-13)23-24(10-17(22)25)19(20)14-5-6-14/h7-8,13-14H,3-6,10H2,1-2H3,(H2,22,25). The zero-order chi connectivity index (χ0) is 18.4. The quantitative estimate of drug-likeness (QED) is 0.864. The van der Waals surface area contributed by atoms with Gasteiger partial charge in [0.2, 0.25) is 5.91 Å². The van der Waals surface area contributed by atoms with E-state index in [-0.39, 0.29) is 6.54 Å². The molecule has 2 N–H and O–H groups in total. The summed E-state index contributed by atoms with van der Waals surface area (Å²) in [5, 5.41) is 14.0. The second kappa shape index (κ2) is 6.17. The maximum Gasteiger partial charge on any atom is 0.239 e. The van der Waals surface area contributed by atoms with Crippen LogP contribution in [0.4, 0.5) is 0 Å². The number of hydrogen-bond donors (Lipinski definition) is 1. The number of nitriles is 1. The molecule has 134 valence electrons. The predicted molar refractivity (Wildman–Crippen MR) is 96.1 cm³/mol. The monoisotopic (exact) mass is 350 g/mol. The lowest BCUT2D eigenvalue weighted by atomic mass is 10.0. The van der Waals surface area contributed by atoms with Gasteiger partial charge < -0.3 is 10.5 Å². The highest BCUT2D eigenvalue weighted by Gasteiger charge is 2.38. The minimum Gasteiger partial charge on any atom is -0.453 e. The number of carbonyl (C=O) groups is 1. The number of aryl methyl sites for hydroxylation is 2. The fraction of sp³-hybridized carbons (Fsp3) is 0.450. The lowest BCUT2D eigenvalue weighted by Crippen LogP contribution is -2.20. The Hall–Kier alpha value is -2.81. The molecule has 0 bridgehead atoms. The van der Waals surface area contributed by atoms with Crippen LogP contribution in [-0.4, -0.2) is 15.7 Å². The van der Waals surface area contributed by atoms with Gasteiger partial charge in [0.1, 0.15) is 18.0 Å². The first-order chi connectivity index (χ1) is 12.5. The molecule has 6 heteroatoms. The SMILES string of the molecule is Cc1cc(Oc2c(C3CC3)nn(CC(N)=O)c2C2CC2)cc(C)c1C#N. The van der Waals surface area contributed by atoms with Crippen LogP contribution in [0.25, 0.3) is 0 Å². The van der Waals surface area contributed by atoms with Crippen LogP contribution < -0.4 is 10.5 Å². The molecule has 1 amide bonds. The van der Waals surface area contributed by atoms with Crippen molar-refractivity contribution < 1.29 is 9.53 Å². The van der Waals surface area contributed by atoms with Gasteiger partial charge in [0.25, 0.3) is 0 Å². The van der Waals surface area contributed by atoms with Gasteiger partial charge in [-0.3, -0.25) is 9.48 Å². The number of nitrogens with two attached hydrogens (primary N) is 1. The molecular weight excluding hydrogens is 328 g/mol.